The van der Waals surface area contributed by atoms with E-state index in [1.54, 1.807) is 0 Å². The van der Waals surface area contributed by atoms with Crippen molar-refractivity contribution in [3.05, 3.63) is 29.3 Å². The Morgan fingerprint density at radius 2 is 1.67 bits per heavy atom. The molecule has 0 aliphatic rings. The topological polar surface area (TPSA) is 29.3 Å². The molecule has 2 N–H and O–H groups in total. The molecule has 0 saturated carbocycles. The highest BCUT2D eigenvalue weighted by atomic mass is 32.1. The summed E-state index contributed by atoms with van der Waals surface area (Å²) in [5.74, 6) is 0.563. The lowest BCUT2D eigenvalue weighted by molar-refractivity contribution is 0.261. The highest BCUT2D eigenvalue weighted by molar-refractivity contribution is 7.80. The highest BCUT2D eigenvalue weighted by Crippen LogP contribution is 2.33. The number of para-hydroxylation sites is 1. The second-order valence-electron chi connectivity index (χ2n) is 6.70. The number of anilines is 1. The van der Waals surface area contributed by atoms with Crippen molar-refractivity contribution in [1.29, 1.82) is 0 Å². The summed E-state index contributed by atoms with van der Waals surface area (Å²) in [5.41, 5.74) is 10.1. The molecule has 0 saturated heterocycles. The van der Waals surface area contributed by atoms with E-state index in [0.717, 1.165) is 19.4 Å². The third-order valence-electron chi connectivity index (χ3n) is 4.63. The molecule has 0 fully saturated rings. The minimum Gasteiger partial charge on any atom is -0.376 e. The monoisotopic (exact) mass is 306 g/mol. The van der Waals surface area contributed by atoms with E-state index in [0.29, 0.717) is 11.0 Å². The minimum absolute atomic E-state index is 0.148. The summed E-state index contributed by atoms with van der Waals surface area (Å²) in [6.07, 6.45) is 1.98. The van der Waals surface area contributed by atoms with Gasteiger partial charge in [0, 0.05) is 12.2 Å². The number of aryl methyl sites for hydroxylation is 2. The Labute approximate surface area is 135 Å². The Morgan fingerprint density at radius 1 is 1.19 bits per heavy atom. The maximum absolute atomic E-state index is 6.08. The van der Waals surface area contributed by atoms with Crippen LogP contribution in [0, 0.1) is 11.3 Å². The third-order valence-corrected chi connectivity index (χ3v) is 4.85. The molecule has 0 amide bonds. The zero-order valence-electron chi connectivity index (χ0n) is 14.4. The van der Waals surface area contributed by atoms with E-state index in [-0.39, 0.29) is 5.41 Å². The van der Waals surface area contributed by atoms with Crippen LogP contribution in [-0.4, -0.2) is 11.7 Å². The van der Waals surface area contributed by atoms with Gasteiger partial charge in [-0.25, -0.2) is 0 Å². The summed E-state index contributed by atoms with van der Waals surface area (Å²) >= 11 is 5.37. The first kappa shape index (κ1) is 18.0. The summed E-state index contributed by atoms with van der Waals surface area (Å²) < 4.78 is 0. The fourth-order valence-corrected chi connectivity index (χ4v) is 2.57. The second-order valence-corrected chi connectivity index (χ2v) is 7.12. The van der Waals surface area contributed by atoms with Gasteiger partial charge in [0.25, 0.3) is 0 Å². The molecule has 0 atom stereocenters. The van der Waals surface area contributed by atoms with Crippen molar-refractivity contribution in [2.75, 3.05) is 11.4 Å². The van der Waals surface area contributed by atoms with Crippen molar-refractivity contribution >= 4 is 23.0 Å². The zero-order valence-corrected chi connectivity index (χ0v) is 15.2. The highest BCUT2D eigenvalue weighted by Gasteiger charge is 2.28. The van der Waals surface area contributed by atoms with Crippen molar-refractivity contribution in [3.63, 3.8) is 0 Å². The Bertz CT molecular complexity index is 470. The lowest BCUT2D eigenvalue weighted by atomic mass is 9.80. The van der Waals surface area contributed by atoms with E-state index in [1.165, 1.54) is 16.8 Å². The largest absolute Gasteiger partial charge is 0.376 e. The summed E-state index contributed by atoms with van der Waals surface area (Å²) in [6.45, 7) is 14.3. The van der Waals surface area contributed by atoms with Crippen LogP contribution in [0.4, 0.5) is 5.69 Å². The minimum atomic E-state index is 0.148. The molecule has 118 valence electrons. The van der Waals surface area contributed by atoms with Gasteiger partial charge in [-0.1, -0.05) is 59.7 Å². The standard InChI is InChI=1S/C18H30N2S/c1-7-14-10-9-11-15(8-2)16(14)20(17(19)21)12-18(5,6)13(3)4/h9-11,13H,7-8,12H2,1-6H3,(H2,19,21). The number of hydrogen-bond donors (Lipinski definition) is 1. The number of nitrogens with zero attached hydrogens (tertiary/aromatic N) is 1. The van der Waals surface area contributed by atoms with E-state index in [1.807, 2.05) is 0 Å². The van der Waals surface area contributed by atoms with Crippen molar-refractivity contribution in [2.24, 2.45) is 17.1 Å². The number of thiocarbonyl (C=S) groups is 1. The molecule has 0 unspecified atom stereocenters. The van der Waals surface area contributed by atoms with Crippen molar-refractivity contribution < 1.29 is 0 Å². The van der Waals surface area contributed by atoms with Crippen LogP contribution < -0.4 is 10.6 Å². The van der Waals surface area contributed by atoms with Gasteiger partial charge in [0.2, 0.25) is 0 Å². The van der Waals surface area contributed by atoms with Crippen LogP contribution in [0.1, 0.15) is 52.7 Å². The van der Waals surface area contributed by atoms with Crippen molar-refractivity contribution in [3.8, 4) is 0 Å². The SMILES string of the molecule is CCc1cccc(CC)c1N(CC(C)(C)C(C)C)C(N)=S. The molecule has 0 heterocycles. The van der Waals surface area contributed by atoms with Crippen molar-refractivity contribution in [1.82, 2.24) is 0 Å². The third kappa shape index (κ3) is 4.19. The van der Waals surface area contributed by atoms with Gasteiger partial charge in [0.05, 0.1) is 0 Å². The van der Waals surface area contributed by atoms with E-state index >= 15 is 0 Å². The number of rotatable bonds is 6. The first-order valence-corrected chi connectivity index (χ1v) is 8.33. The summed E-state index contributed by atoms with van der Waals surface area (Å²) in [4.78, 5) is 2.15. The lowest BCUT2D eigenvalue weighted by Gasteiger charge is -2.37. The van der Waals surface area contributed by atoms with Crippen LogP contribution >= 0.6 is 12.2 Å². The Balaban J connectivity index is 3.33. The molecule has 21 heavy (non-hydrogen) atoms. The van der Waals surface area contributed by atoms with E-state index in [2.05, 4.69) is 64.6 Å². The molecule has 0 aliphatic heterocycles. The van der Waals surface area contributed by atoms with Gasteiger partial charge in [0.1, 0.15) is 0 Å². The van der Waals surface area contributed by atoms with Gasteiger partial charge in [-0.05, 0) is 47.5 Å². The zero-order chi connectivity index (χ0) is 16.2. The summed E-state index contributed by atoms with van der Waals surface area (Å²) in [5, 5.41) is 0.472. The first-order valence-electron chi connectivity index (χ1n) is 7.92. The molecular formula is C18H30N2S. The predicted molar refractivity (Wildman–Crippen MR) is 97.9 cm³/mol. The van der Waals surface area contributed by atoms with E-state index in [9.17, 15) is 0 Å². The molecule has 0 aromatic heterocycles. The molecule has 0 bridgehead atoms. The maximum atomic E-state index is 6.08. The van der Waals surface area contributed by atoms with Gasteiger partial charge in [-0.3, -0.25) is 0 Å². The molecule has 0 radical (unpaired) electrons. The number of hydrogen-bond acceptors (Lipinski definition) is 1. The van der Waals surface area contributed by atoms with Gasteiger partial charge in [-0.15, -0.1) is 0 Å². The molecule has 1 rings (SSSR count). The maximum Gasteiger partial charge on any atom is 0.170 e. The Kier molecular flexibility index (Phi) is 6.21. The van der Waals surface area contributed by atoms with Crippen LogP contribution in [-0.2, 0) is 12.8 Å². The van der Waals surface area contributed by atoms with Crippen LogP contribution in [0.5, 0.6) is 0 Å². The average Bonchev–Trinajstić information content (AvgIpc) is 2.43. The van der Waals surface area contributed by atoms with Crippen LogP contribution in [0.2, 0.25) is 0 Å². The van der Waals surface area contributed by atoms with Gasteiger partial charge < -0.3 is 10.6 Å². The lowest BCUT2D eigenvalue weighted by Crippen LogP contribution is -2.44. The van der Waals surface area contributed by atoms with Gasteiger partial charge in [0.15, 0.2) is 5.11 Å². The molecule has 1 aromatic carbocycles. The first-order chi connectivity index (χ1) is 9.74. The Morgan fingerprint density at radius 3 is 2.00 bits per heavy atom. The molecule has 1 aromatic rings. The number of nitrogens with two attached hydrogens (primary N) is 1. The van der Waals surface area contributed by atoms with E-state index in [4.69, 9.17) is 18.0 Å². The number of benzene rings is 1. The fraction of sp³-hybridized carbons (Fsp3) is 0.611. The molecular weight excluding hydrogens is 276 g/mol. The molecule has 0 aliphatic carbocycles. The normalized spacial score (nSPS) is 11.8. The Hall–Kier alpha value is -1.09. The summed E-state index contributed by atoms with van der Waals surface area (Å²) in [7, 11) is 0. The van der Waals surface area contributed by atoms with E-state index < -0.39 is 0 Å². The van der Waals surface area contributed by atoms with Gasteiger partial charge >= 0.3 is 0 Å². The van der Waals surface area contributed by atoms with Crippen LogP contribution in [0.15, 0.2) is 18.2 Å². The quantitative estimate of drug-likeness (QED) is 0.782. The fourth-order valence-electron chi connectivity index (χ4n) is 2.42. The second kappa shape index (κ2) is 7.26. The summed E-state index contributed by atoms with van der Waals surface area (Å²) in [6, 6.07) is 6.50. The van der Waals surface area contributed by atoms with Crippen LogP contribution in [0.3, 0.4) is 0 Å². The molecule has 3 heteroatoms. The smallest absolute Gasteiger partial charge is 0.170 e. The average molecular weight is 307 g/mol. The predicted octanol–water partition coefficient (Wildman–Crippen LogP) is 4.54. The molecule has 0 spiro atoms. The van der Waals surface area contributed by atoms with Crippen LogP contribution in [0.25, 0.3) is 0 Å². The van der Waals surface area contributed by atoms with Gasteiger partial charge in [-0.2, -0.15) is 0 Å². The van der Waals surface area contributed by atoms with Crippen molar-refractivity contribution in [2.45, 2.75) is 54.4 Å². The molecule has 2 nitrogen and oxygen atoms in total.